The summed E-state index contributed by atoms with van der Waals surface area (Å²) in [6.07, 6.45) is 0. The Labute approximate surface area is 173 Å². The van der Waals surface area contributed by atoms with Gasteiger partial charge in [-0.25, -0.2) is 4.98 Å². The molecule has 0 aliphatic carbocycles. The summed E-state index contributed by atoms with van der Waals surface area (Å²) in [5.41, 5.74) is 2.08. The van der Waals surface area contributed by atoms with Crippen molar-refractivity contribution in [1.82, 2.24) is 14.8 Å². The second kappa shape index (κ2) is 8.45. The van der Waals surface area contributed by atoms with Crippen molar-refractivity contribution in [2.75, 3.05) is 33.3 Å². The number of aromatic nitrogens is 1. The van der Waals surface area contributed by atoms with E-state index in [4.69, 9.17) is 4.74 Å². The van der Waals surface area contributed by atoms with Crippen LogP contribution in [-0.4, -0.2) is 59.9 Å². The van der Waals surface area contributed by atoms with E-state index in [0.29, 0.717) is 37.4 Å². The Morgan fingerprint density at radius 2 is 1.52 bits per heavy atom. The third kappa shape index (κ3) is 4.14. The molecule has 0 spiro atoms. The first-order valence-corrected chi connectivity index (χ1v) is 10.3. The summed E-state index contributed by atoms with van der Waals surface area (Å²) in [7, 11) is 1.63. The molecule has 0 unspecified atom stereocenters. The molecule has 2 aromatic carbocycles. The molecule has 0 atom stereocenters. The minimum absolute atomic E-state index is 0.00755. The number of hydrogen-bond donors (Lipinski definition) is 0. The molecule has 1 aromatic heterocycles. The molecule has 148 valence electrons. The summed E-state index contributed by atoms with van der Waals surface area (Å²) in [4.78, 5) is 33.5. The number of nitrogens with zero attached hydrogens (tertiary/aromatic N) is 3. The van der Waals surface area contributed by atoms with Crippen LogP contribution in [0, 0.1) is 0 Å². The van der Waals surface area contributed by atoms with Crippen LogP contribution in [0.25, 0.3) is 10.6 Å². The molecule has 29 heavy (non-hydrogen) atoms. The van der Waals surface area contributed by atoms with Crippen LogP contribution in [0.15, 0.2) is 60.0 Å². The van der Waals surface area contributed by atoms with Crippen LogP contribution < -0.4 is 4.74 Å². The Morgan fingerprint density at radius 3 is 2.14 bits per heavy atom. The van der Waals surface area contributed by atoms with Gasteiger partial charge in [0.05, 0.1) is 7.11 Å². The molecule has 1 aliphatic rings. The van der Waals surface area contributed by atoms with Gasteiger partial charge in [0.25, 0.3) is 11.8 Å². The molecule has 4 rings (SSSR count). The largest absolute Gasteiger partial charge is 0.497 e. The van der Waals surface area contributed by atoms with E-state index in [1.165, 1.54) is 11.3 Å². The van der Waals surface area contributed by atoms with Crippen molar-refractivity contribution in [2.45, 2.75) is 0 Å². The first kappa shape index (κ1) is 19.1. The predicted molar refractivity (Wildman–Crippen MR) is 112 cm³/mol. The summed E-state index contributed by atoms with van der Waals surface area (Å²) < 4.78 is 5.18. The Balaban J connectivity index is 1.38. The van der Waals surface area contributed by atoms with Crippen LogP contribution >= 0.6 is 11.3 Å². The summed E-state index contributed by atoms with van der Waals surface area (Å²) in [5.74, 6) is 0.700. The zero-order valence-corrected chi connectivity index (χ0v) is 16.9. The normalized spacial score (nSPS) is 14.0. The maximum absolute atomic E-state index is 12.8. The van der Waals surface area contributed by atoms with Crippen molar-refractivity contribution in [3.63, 3.8) is 0 Å². The molecule has 0 N–H and O–H groups in total. The average molecular weight is 407 g/mol. The number of thiazole rings is 1. The Kier molecular flexibility index (Phi) is 5.57. The Bertz CT molecular complexity index is 994. The number of amides is 2. The van der Waals surface area contributed by atoms with Gasteiger partial charge in [0, 0.05) is 42.7 Å². The van der Waals surface area contributed by atoms with Gasteiger partial charge in [-0.1, -0.05) is 18.2 Å². The van der Waals surface area contributed by atoms with E-state index in [9.17, 15) is 9.59 Å². The van der Waals surface area contributed by atoms with Crippen LogP contribution in [0.4, 0.5) is 0 Å². The number of carbonyl (C=O) groups excluding carboxylic acids is 2. The highest BCUT2D eigenvalue weighted by Crippen LogP contribution is 2.26. The second-order valence-corrected chi connectivity index (χ2v) is 7.57. The number of hydrogen-bond acceptors (Lipinski definition) is 5. The molecule has 3 aromatic rings. The molecule has 2 heterocycles. The lowest BCUT2D eigenvalue weighted by Gasteiger charge is -2.34. The van der Waals surface area contributed by atoms with Gasteiger partial charge in [-0.15, -0.1) is 11.3 Å². The van der Waals surface area contributed by atoms with Crippen LogP contribution in [0.5, 0.6) is 5.75 Å². The SMILES string of the molecule is COc1ccc(-c2nc(C(=O)N3CCN(C(=O)c4ccccc4)CC3)cs2)cc1. The van der Waals surface area contributed by atoms with Crippen LogP contribution in [0.2, 0.25) is 0 Å². The lowest BCUT2D eigenvalue weighted by molar-refractivity contribution is 0.0533. The summed E-state index contributed by atoms with van der Waals surface area (Å²) in [5, 5.41) is 2.59. The first-order chi connectivity index (χ1) is 14.2. The first-order valence-electron chi connectivity index (χ1n) is 9.39. The number of benzene rings is 2. The lowest BCUT2D eigenvalue weighted by atomic mass is 10.2. The molecule has 7 heteroatoms. The van der Waals surface area contributed by atoms with Gasteiger partial charge in [-0.3, -0.25) is 9.59 Å². The van der Waals surface area contributed by atoms with E-state index in [1.54, 1.807) is 22.3 Å². The highest BCUT2D eigenvalue weighted by atomic mass is 32.1. The van der Waals surface area contributed by atoms with Crippen molar-refractivity contribution in [3.05, 3.63) is 71.2 Å². The minimum Gasteiger partial charge on any atom is -0.497 e. The number of carbonyl (C=O) groups is 2. The number of rotatable bonds is 4. The van der Waals surface area contributed by atoms with Crippen molar-refractivity contribution in [1.29, 1.82) is 0 Å². The molecule has 2 amide bonds. The van der Waals surface area contributed by atoms with E-state index in [2.05, 4.69) is 4.98 Å². The molecule has 1 aliphatic heterocycles. The van der Waals surface area contributed by atoms with Gasteiger partial charge in [0.15, 0.2) is 0 Å². The van der Waals surface area contributed by atoms with Crippen molar-refractivity contribution in [2.24, 2.45) is 0 Å². The topological polar surface area (TPSA) is 62.7 Å². The zero-order chi connectivity index (χ0) is 20.2. The second-order valence-electron chi connectivity index (χ2n) is 6.72. The monoisotopic (exact) mass is 407 g/mol. The number of piperazine rings is 1. The average Bonchev–Trinajstić information content (AvgIpc) is 3.29. The predicted octanol–water partition coefficient (Wildman–Crippen LogP) is 3.42. The molecular formula is C22H21N3O3S. The van der Waals surface area contributed by atoms with E-state index in [1.807, 2.05) is 54.6 Å². The molecular weight excluding hydrogens is 386 g/mol. The quantitative estimate of drug-likeness (QED) is 0.665. The smallest absolute Gasteiger partial charge is 0.273 e. The van der Waals surface area contributed by atoms with Crippen LogP contribution in [0.3, 0.4) is 0 Å². The Hall–Kier alpha value is -3.19. The van der Waals surface area contributed by atoms with E-state index < -0.39 is 0 Å². The third-order valence-corrected chi connectivity index (χ3v) is 5.83. The van der Waals surface area contributed by atoms with Crippen molar-refractivity contribution < 1.29 is 14.3 Å². The number of ether oxygens (including phenoxy) is 1. The van der Waals surface area contributed by atoms with Crippen molar-refractivity contribution in [3.8, 4) is 16.3 Å². The van der Waals surface area contributed by atoms with Gasteiger partial charge >= 0.3 is 0 Å². The fourth-order valence-corrected chi connectivity index (χ4v) is 4.08. The van der Waals surface area contributed by atoms with Crippen LogP contribution in [-0.2, 0) is 0 Å². The van der Waals surface area contributed by atoms with E-state index in [-0.39, 0.29) is 11.8 Å². The van der Waals surface area contributed by atoms with Crippen LogP contribution in [0.1, 0.15) is 20.8 Å². The number of methoxy groups -OCH3 is 1. The van der Waals surface area contributed by atoms with Crippen molar-refractivity contribution >= 4 is 23.2 Å². The summed E-state index contributed by atoms with van der Waals surface area (Å²) in [6.45, 7) is 2.06. The van der Waals surface area contributed by atoms with Gasteiger partial charge < -0.3 is 14.5 Å². The van der Waals surface area contributed by atoms with E-state index in [0.717, 1.165) is 16.3 Å². The summed E-state index contributed by atoms with van der Waals surface area (Å²) in [6, 6.07) is 16.8. The third-order valence-electron chi connectivity index (χ3n) is 4.94. The standard InChI is InChI=1S/C22H21N3O3S/c1-28-18-9-7-16(8-10-18)20-23-19(15-29-20)22(27)25-13-11-24(12-14-25)21(26)17-5-3-2-4-6-17/h2-10,15H,11-14H2,1H3. The molecule has 1 fully saturated rings. The fourth-order valence-electron chi connectivity index (χ4n) is 3.28. The lowest BCUT2D eigenvalue weighted by Crippen LogP contribution is -2.50. The molecule has 0 saturated carbocycles. The van der Waals surface area contributed by atoms with E-state index >= 15 is 0 Å². The van der Waals surface area contributed by atoms with Gasteiger partial charge in [-0.2, -0.15) is 0 Å². The highest BCUT2D eigenvalue weighted by Gasteiger charge is 2.26. The van der Waals surface area contributed by atoms with Gasteiger partial charge in [-0.05, 0) is 36.4 Å². The zero-order valence-electron chi connectivity index (χ0n) is 16.1. The molecule has 6 nitrogen and oxygen atoms in total. The fraction of sp³-hybridized carbons (Fsp3) is 0.227. The minimum atomic E-state index is -0.0900. The maximum Gasteiger partial charge on any atom is 0.273 e. The Morgan fingerprint density at radius 1 is 0.897 bits per heavy atom. The maximum atomic E-state index is 12.8. The molecule has 1 saturated heterocycles. The highest BCUT2D eigenvalue weighted by molar-refractivity contribution is 7.13. The molecule has 0 radical (unpaired) electrons. The summed E-state index contributed by atoms with van der Waals surface area (Å²) >= 11 is 1.45. The van der Waals surface area contributed by atoms with Gasteiger partial charge in [0.1, 0.15) is 16.5 Å². The van der Waals surface area contributed by atoms with Gasteiger partial charge in [0.2, 0.25) is 0 Å². The molecule has 0 bridgehead atoms.